The van der Waals surface area contributed by atoms with Crippen molar-refractivity contribution in [1.29, 1.82) is 0 Å². The number of ether oxygens (including phenoxy) is 1. The first-order chi connectivity index (χ1) is 14.9. The van der Waals surface area contributed by atoms with E-state index in [0.29, 0.717) is 6.42 Å². The molecule has 2 rings (SSSR count). The summed E-state index contributed by atoms with van der Waals surface area (Å²) < 4.78 is 38.4. The minimum absolute atomic E-state index is 0. The Kier molecular flexibility index (Phi) is 14.2. The molecule has 0 spiro atoms. The van der Waals surface area contributed by atoms with Gasteiger partial charge < -0.3 is 9.84 Å². The normalized spacial score (nSPS) is 11.2. The average molecular weight is 471 g/mol. The predicted molar refractivity (Wildman–Crippen MR) is 122 cm³/mol. The maximum atomic E-state index is 11.9. The van der Waals surface area contributed by atoms with Gasteiger partial charge in [0.25, 0.3) is 10.1 Å². The SMILES string of the molecule is CCCCCCCCCCCCCc1cc(Oc2ccccc2[O-])cc(S(=O)(=O)O)c1.[Na+]. The third-order valence-electron chi connectivity index (χ3n) is 5.38. The minimum atomic E-state index is -4.36. The van der Waals surface area contributed by atoms with Crippen LogP contribution in [0, 0.1) is 0 Å². The Morgan fingerprint density at radius 2 is 1.41 bits per heavy atom. The summed E-state index contributed by atoms with van der Waals surface area (Å²) >= 11 is 0. The largest absolute Gasteiger partial charge is 1.00 e. The summed E-state index contributed by atoms with van der Waals surface area (Å²) in [4.78, 5) is -0.216. The molecule has 0 aliphatic rings. The first kappa shape index (κ1) is 29.0. The van der Waals surface area contributed by atoms with E-state index in [9.17, 15) is 18.1 Å². The summed E-state index contributed by atoms with van der Waals surface area (Å²) in [5.74, 6) is 0.0683. The molecule has 0 amide bonds. The van der Waals surface area contributed by atoms with Crippen LogP contribution in [0.2, 0.25) is 0 Å². The Morgan fingerprint density at radius 3 is 1.97 bits per heavy atom. The van der Waals surface area contributed by atoms with Crippen LogP contribution in [-0.2, 0) is 16.5 Å². The van der Waals surface area contributed by atoms with Crippen molar-refractivity contribution in [3.8, 4) is 17.2 Å². The smallest absolute Gasteiger partial charge is 0.870 e. The summed E-state index contributed by atoms with van der Waals surface area (Å²) in [5, 5.41) is 11.9. The number of rotatable bonds is 15. The third-order valence-corrected chi connectivity index (χ3v) is 6.22. The molecule has 0 fully saturated rings. The van der Waals surface area contributed by atoms with Gasteiger partial charge in [0.15, 0.2) is 0 Å². The first-order valence-electron chi connectivity index (χ1n) is 11.5. The number of para-hydroxylation sites is 2. The Labute approximate surface area is 215 Å². The number of benzene rings is 2. The van der Waals surface area contributed by atoms with E-state index in [0.717, 1.165) is 18.4 Å². The molecular weight excluding hydrogens is 435 g/mol. The van der Waals surface area contributed by atoms with Crippen LogP contribution in [0.5, 0.6) is 17.2 Å². The van der Waals surface area contributed by atoms with Crippen molar-refractivity contribution in [2.45, 2.75) is 88.9 Å². The zero-order valence-electron chi connectivity index (χ0n) is 19.5. The van der Waals surface area contributed by atoms with Crippen molar-refractivity contribution in [1.82, 2.24) is 0 Å². The molecule has 5 nitrogen and oxygen atoms in total. The van der Waals surface area contributed by atoms with Gasteiger partial charge in [0, 0.05) is 6.07 Å². The molecule has 2 aromatic rings. The number of aryl methyl sites for hydroxylation is 1. The maximum absolute atomic E-state index is 11.9. The summed E-state index contributed by atoms with van der Waals surface area (Å²) in [6.45, 7) is 2.23. The van der Waals surface area contributed by atoms with Gasteiger partial charge in [0.05, 0.1) is 4.90 Å². The van der Waals surface area contributed by atoms with Crippen LogP contribution in [0.3, 0.4) is 0 Å². The van der Waals surface area contributed by atoms with Gasteiger partial charge in [-0.3, -0.25) is 4.55 Å². The summed E-state index contributed by atoms with van der Waals surface area (Å²) in [6, 6.07) is 10.7. The molecule has 2 aromatic carbocycles. The van der Waals surface area contributed by atoms with Crippen molar-refractivity contribution < 1.29 is 52.4 Å². The van der Waals surface area contributed by atoms with Gasteiger partial charge >= 0.3 is 29.6 Å². The average Bonchev–Trinajstić information content (AvgIpc) is 2.73. The molecule has 0 bridgehead atoms. The second kappa shape index (κ2) is 15.7. The summed E-state index contributed by atoms with van der Waals surface area (Å²) in [5.41, 5.74) is 0.768. The van der Waals surface area contributed by atoms with Crippen molar-refractivity contribution in [2.75, 3.05) is 0 Å². The van der Waals surface area contributed by atoms with Crippen LogP contribution in [0.25, 0.3) is 0 Å². The Hall–Kier alpha value is -1.05. The van der Waals surface area contributed by atoms with Crippen LogP contribution in [-0.4, -0.2) is 13.0 Å². The fourth-order valence-electron chi connectivity index (χ4n) is 3.64. The van der Waals surface area contributed by atoms with Gasteiger partial charge in [0.1, 0.15) is 11.5 Å². The molecule has 0 aliphatic carbocycles. The van der Waals surface area contributed by atoms with Gasteiger partial charge in [-0.1, -0.05) is 95.1 Å². The molecule has 0 aromatic heterocycles. The van der Waals surface area contributed by atoms with Crippen LogP contribution in [0.15, 0.2) is 47.4 Å². The zero-order valence-corrected chi connectivity index (χ0v) is 22.3. The maximum Gasteiger partial charge on any atom is 1.00 e. The molecule has 0 saturated heterocycles. The third kappa shape index (κ3) is 11.2. The van der Waals surface area contributed by atoms with Crippen LogP contribution in [0.4, 0.5) is 0 Å². The van der Waals surface area contributed by atoms with Crippen LogP contribution in [0.1, 0.15) is 83.1 Å². The topological polar surface area (TPSA) is 86.7 Å². The van der Waals surface area contributed by atoms with Gasteiger partial charge in [-0.2, -0.15) is 8.42 Å². The second-order valence-electron chi connectivity index (χ2n) is 8.12. The van der Waals surface area contributed by atoms with E-state index in [2.05, 4.69) is 6.92 Å². The molecule has 172 valence electrons. The van der Waals surface area contributed by atoms with Crippen molar-refractivity contribution in [3.63, 3.8) is 0 Å². The van der Waals surface area contributed by atoms with Gasteiger partial charge in [-0.05, 0) is 36.6 Å². The van der Waals surface area contributed by atoms with Crippen molar-refractivity contribution in [2.24, 2.45) is 0 Å². The summed E-state index contributed by atoms with van der Waals surface area (Å²) in [7, 11) is -4.36. The molecule has 1 N–H and O–H groups in total. The van der Waals surface area contributed by atoms with Crippen molar-refractivity contribution in [3.05, 3.63) is 48.0 Å². The number of hydrogen-bond donors (Lipinski definition) is 1. The van der Waals surface area contributed by atoms with E-state index in [1.807, 2.05) is 0 Å². The molecule has 0 atom stereocenters. The fraction of sp³-hybridized carbons (Fsp3) is 0.520. The van der Waals surface area contributed by atoms with Crippen LogP contribution < -0.4 is 39.4 Å². The summed E-state index contributed by atoms with van der Waals surface area (Å²) in [6.07, 6.45) is 14.3. The molecular formula is C25H35NaO5S. The molecule has 7 heteroatoms. The zero-order chi connectivity index (χ0) is 22.5. The van der Waals surface area contributed by atoms with E-state index in [4.69, 9.17) is 4.74 Å². The number of unbranched alkanes of at least 4 members (excludes halogenated alkanes) is 10. The predicted octanol–water partition coefficient (Wildman–Crippen LogP) is 3.66. The minimum Gasteiger partial charge on any atom is -0.870 e. The van der Waals surface area contributed by atoms with Crippen LogP contribution >= 0.6 is 0 Å². The molecule has 0 aliphatic heterocycles. The van der Waals surface area contributed by atoms with E-state index in [-0.39, 0.29) is 51.7 Å². The van der Waals surface area contributed by atoms with Gasteiger partial charge in [0.2, 0.25) is 0 Å². The van der Waals surface area contributed by atoms with Gasteiger partial charge in [-0.25, -0.2) is 0 Å². The second-order valence-corrected chi connectivity index (χ2v) is 9.54. The Balaban J connectivity index is 0.00000512. The quantitative estimate of drug-likeness (QED) is 0.244. The standard InChI is InChI=1S/C25H36O5S.Na/c1-2-3-4-5-6-7-8-9-10-11-12-15-21-18-22(20-23(19-21)31(27,28)29)30-25-17-14-13-16-24(25)26;/h13-14,16-20,26H,2-12,15H2,1H3,(H,27,28,29);/q;+1/p-1. The number of hydrogen-bond acceptors (Lipinski definition) is 4. The molecule has 0 saturated carbocycles. The first-order valence-corrected chi connectivity index (χ1v) is 12.9. The van der Waals surface area contributed by atoms with Crippen molar-refractivity contribution >= 4 is 10.1 Å². The Bertz CT molecular complexity index is 899. The monoisotopic (exact) mass is 470 g/mol. The van der Waals surface area contributed by atoms with E-state index >= 15 is 0 Å². The van der Waals surface area contributed by atoms with E-state index < -0.39 is 10.1 Å². The van der Waals surface area contributed by atoms with E-state index in [1.165, 1.54) is 82.1 Å². The molecule has 32 heavy (non-hydrogen) atoms. The van der Waals surface area contributed by atoms with Gasteiger partial charge in [-0.15, -0.1) is 0 Å². The Morgan fingerprint density at radius 1 is 0.844 bits per heavy atom. The molecule has 0 radical (unpaired) electrons. The molecule has 0 unspecified atom stereocenters. The molecule has 0 heterocycles. The van der Waals surface area contributed by atoms with E-state index in [1.54, 1.807) is 18.2 Å². The fourth-order valence-corrected chi connectivity index (χ4v) is 4.20.